The lowest BCUT2D eigenvalue weighted by atomic mass is 10.2. The molecule has 10 heteroatoms. The van der Waals surface area contributed by atoms with Gasteiger partial charge in [0.05, 0.1) is 13.7 Å². The van der Waals surface area contributed by atoms with Gasteiger partial charge in [0.1, 0.15) is 33.4 Å². The fourth-order valence-electron chi connectivity index (χ4n) is 3.06. The number of benzene rings is 2. The molecule has 0 atom stereocenters. The molecule has 0 aliphatic carbocycles. The largest absolute Gasteiger partial charge is 0.471 e. The number of aromatic nitrogens is 1. The number of amides is 1. The number of halogens is 4. The third-order valence-corrected chi connectivity index (χ3v) is 5.26. The summed E-state index contributed by atoms with van der Waals surface area (Å²) < 4.78 is 53.0. The fourth-order valence-corrected chi connectivity index (χ4v) is 3.47. The van der Waals surface area contributed by atoms with E-state index in [1.807, 2.05) is 0 Å². The lowest BCUT2D eigenvalue weighted by Crippen LogP contribution is -2.34. The molecule has 1 aromatic heterocycles. The van der Waals surface area contributed by atoms with Gasteiger partial charge in [-0.3, -0.25) is 14.3 Å². The third kappa shape index (κ3) is 4.96. The van der Waals surface area contributed by atoms with E-state index in [9.17, 15) is 22.8 Å². The van der Waals surface area contributed by atoms with E-state index < -0.39 is 34.8 Å². The minimum absolute atomic E-state index is 0.0153. The summed E-state index contributed by atoms with van der Waals surface area (Å²) in [7, 11) is 1.19. The summed E-state index contributed by atoms with van der Waals surface area (Å²) >= 11 is 3.10. The van der Waals surface area contributed by atoms with Gasteiger partial charge in [-0.05, 0) is 52.7 Å². The van der Waals surface area contributed by atoms with Crippen molar-refractivity contribution in [2.24, 2.45) is 0 Å². The minimum atomic E-state index is -0.900. The van der Waals surface area contributed by atoms with E-state index in [-0.39, 0.29) is 29.2 Å². The Hall–Kier alpha value is -3.27. The zero-order chi connectivity index (χ0) is 23.4. The van der Waals surface area contributed by atoms with E-state index in [1.165, 1.54) is 44.4 Å². The first kappa shape index (κ1) is 23.4. The number of rotatable bonds is 6. The number of nitrogens with zero attached hydrogens (tertiary/aromatic N) is 2. The van der Waals surface area contributed by atoms with Crippen molar-refractivity contribution in [2.75, 3.05) is 13.8 Å². The van der Waals surface area contributed by atoms with Crippen LogP contribution >= 0.6 is 15.9 Å². The van der Waals surface area contributed by atoms with Gasteiger partial charge in [-0.1, -0.05) is 18.2 Å². The summed E-state index contributed by atoms with van der Waals surface area (Å²) in [6, 6.07) is 10.4. The monoisotopic (exact) mass is 510 g/mol. The Bertz CT molecular complexity index is 1200. The van der Waals surface area contributed by atoms with Crippen LogP contribution < -0.4 is 10.3 Å². The molecule has 6 nitrogen and oxygen atoms in total. The number of hydrogen-bond acceptors (Lipinski definition) is 4. The van der Waals surface area contributed by atoms with Crippen molar-refractivity contribution in [3.05, 3.63) is 92.1 Å². The highest BCUT2D eigenvalue weighted by Gasteiger charge is 2.21. The van der Waals surface area contributed by atoms with Crippen molar-refractivity contribution in [3.8, 4) is 11.4 Å². The second-order valence-corrected chi connectivity index (χ2v) is 7.54. The van der Waals surface area contributed by atoms with Gasteiger partial charge in [-0.25, -0.2) is 18.0 Å². The number of hydrogen-bond donors (Lipinski definition) is 0. The average Bonchev–Trinajstić information content (AvgIpc) is 2.75. The Labute approximate surface area is 189 Å². The Kier molecular flexibility index (Phi) is 7.24. The van der Waals surface area contributed by atoms with E-state index in [0.717, 1.165) is 21.6 Å². The number of pyridine rings is 1. The van der Waals surface area contributed by atoms with Crippen molar-refractivity contribution in [2.45, 2.75) is 13.5 Å². The Morgan fingerprint density at radius 2 is 1.75 bits per heavy atom. The molecule has 3 aromatic rings. The fraction of sp³-hybridized carbons (Fsp3) is 0.182. The number of carbonyl (C=O) groups is 1. The topological polar surface area (TPSA) is 60.8 Å². The SMILES string of the molecule is COC(=O)N(COc1cc(C)n(-c2c(F)cccc2F)c(=O)c1Br)Cc1cccc(F)c1. The van der Waals surface area contributed by atoms with Crippen LogP contribution in [0.25, 0.3) is 5.69 Å². The zero-order valence-corrected chi connectivity index (χ0v) is 18.7. The maximum absolute atomic E-state index is 14.2. The quantitative estimate of drug-likeness (QED) is 0.441. The number of carbonyl (C=O) groups excluding carboxylic acids is 1. The zero-order valence-electron chi connectivity index (χ0n) is 17.1. The second-order valence-electron chi connectivity index (χ2n) is 6.75. The van der Waals surface area contributed by atoms with Gasteiger partial charge in [0.2, 0.25) is 0 Å². The van der Waals surface area contributed by atoms with E-state index in [1.54, 1.807) is 6.07 Å². The number of methoxy groups -OCH3 is 1. The molecular weight excluding hydrogens is 493 g/mol. The standard InChI is InChI=1S/C22H18BrF3N2O4/c1-13-9-18(19(23)21(29)28(13)20-16(25)7-4-8-17(20)26)32-12-27(22(30)31-2)11-14-5-3-6-15(24)10-14/h3-10H,11-12H2,1-2H3. The predicted molar refractivity (Wildman–Crippen MR) is 114 cm³/mol. The van der Waals surface area contributed by atoms with Crippen molar-refractivity contribution in [1.29, 1.82) is 0 Å². The van der Waals surface area contributed by atoms with Gasteiger partial charge in [0.15, 0.2) is 6.73 Å². The van der Waals surface area contributed by atoms with Crippen LogP contribution in [0.4, 0.5) is 18.0 Å². The number of ether oxygens (including phenoxy) is 2. The molecule has 1 heterocycles. The Balaban J connectivity index is 1.90. The summed E-state index contributed by atoms with van der Waals surface area (Å²) in [5.74, 6) is -2.21. The molecule has 0 fully saturated rings. The van der Waals surface area contributed by atoms with Crippen LogP contribution in [-0.4, -0.2) is 29.4 Å². The van der Waals surface area contributed by atoms with Crippen molar-refractivity contribution in [1.82, 2.24) is 9.47 Å². The van der Waals surface area contributed by atoms with Gasteiger partial charge >= 0.3 is 6.09 Å². The van der Waals surface area contributed by atoms with Crippen LogP contribution in [0.15, 0.2) is 57.8 Å². The molecule has 0 aliphatic rings. The molecule has 0 N–H and O–H groups in total. The molecule has 0 saturated heterocycles. The average molecular weight is 511 g/mol. The first-order chi connectivity index (χ1) is 15.2. The summed E-state index contributed by atoms with van der Waals surface area (Å²) in [6.07, 6.45) is -0.733. The molecule has 0 saturated carbocycles. The van der Waals surface area contributed by atoms with E-state index in [4.69, 9.17) is 9.47 Å². The van der Waals surface area contributed by atoms with Gasteiger partial charge in [0, 0.05) is 11.8 Å². The van der Waals surface area contributed by atoms with Crippen molar-refractivity contribution >= 4 is 22.0 Å². The number of aryl methyl sites for hydroxylation is 1. The third-order valence-electron chi connectivity index (χ3n) is 4.53. The second kappa shape index (κ2) is 9.90. The van der Waals surface area contributed by atoms with Crippen molar-refractivity contribution < 1.29 is 27.4 Å². The molecule has 3 rings (SSSR count). The van der Waals surface area contributed by atoms with Gasteiger partial charge in [-0.15, -0.1) is 0 Å². The van der Waals surface area contributed by atoms with Crippen molar-refractivity contribution in [3.63, 3.8) is 0 Å². The van der Waals surface area contributed by atoms with Crippen LogP contribution in [0.5, 0.6) is 5.75 Å². The molecular formula is C22H18BrF3N2O4. The molecule has 0 spiro atoms. The summed E-state index contributed by atoms with van der Waals surface area (Å²) in [5.41, 5.74) is -0.560. The summed E-state index contributed by atoms with van der Waals surface area (Å²) in [4.78, 5) is 26.1. The first-order valence-electron chi connectivity index (χ1n) is 9.29. The molecule has 1 amide bonds. The maximum atomic E-state index is 14.2. The minimum Gasteiger partial charge on any atom is -0.471 e. The van der Waals surface area contributed by atoms with Crippen LogP contribution in [0.3, 0.4) is 0 Å². The highest BCUT2D eigenvalue weighted by molar-refractivity contribution is 9.10. The van der Waals surface area contributed by atoms with Crippen LogP contribution in [0.2, 0.25) is 0 Å². The lowest BCUT2D eigenvalue weighted by Gasteiger charge is -2.22. The van der Waals surface area contributed by atoms with Crippen LogP contribution in [0, 0.1) is 24.4 Å². The molecule has 0 aliphatic heterocycles. The molecule has 168 valence electrons. The Morgan fingerprint density at radius 3 is 2.38 bits per heavy atom. The summed E-state index contributed by atoms with van der Waals surface area (Å²) in [5, 5.41) is 0. The van der Waals surface area contributed by atoms with Crippen LogP contribution in [0.1, 0.15) is 11.3 Å². The van der Waals surface area contributed by atoms with Gasteiger partial charge in [-0.2, -0.15) is 0 Å². The van der Waals surface area contributed by atoms with E-state index in [2.05, 4.69) is 15.9 Å². The first-order valence-corrected chi connectivity index (χ1v) is 10.1. The van der Waals surface area contributed by atoms with Gasteiger partial charge < -0.3 is 9.47 Å². The molecule has 2 aromatic carbocycles. The highest BCUT2D eigenvalue weighted by Crippen LogP contribution is 2.26. The normalized spacial score (nSPS) is 10.7. The maximum Gasteiger partial charge on any atom is 0.412 e. The highest BCUT2D eigenvalue weighted by atomic mass is 79.9. The van der Waals surface area contributed by atoms with Gasteiger partial charge in [0.25, 0.3) is 5.56 Å². The molecule has 0 unspecified atom stereocenters. The molecule has 32 heavy (non-hydrogen) atoms. The van der Waals surface area contributed by atoms with Crippen LogP contribution in [-0.2, 0) is 11.3 Å². The molecule has 0 radical (unpaired) electrons. The Morgan fingerprint density at radius 1 is 1.09 bits per heavy atom. The smallest absolute Gasteiger partial charge is 0.412 e. The predicted octanol–water partition coefficient (Wildman–Crippen LogP) is 4.93. The van der Waals surface area contributed by atoms with E-state index >= 15 is 0 Å². The lowest BCUT2D eigenvalue weighted by molar-refractivity contribution is 0.0799. The summed E-state index contributed by atoms with van der Waals surface area (Å²) in [6.45, 7) is 1.13. The molecule has 0 bridgehead atoms. The van der Waals surface area contributed by atoms with E-state index in [0.29, 0.717) is 5.56 Å². The number of para-hydroxylation sites is 1.